The molecule has 3 rings (SSSR count). The van der Waals surface area contributed by atoms with Crippen LogP contribution in [0, 0.1) is 19.8 Å². The Bertz CT molecular complexity index is 917. The number of benzene rings is 1. The second kappa shape index (κ2) is 8.31. The molecular weight excluding hydrogens is 422 g/mol. The van der Waals surface area contributed by atoms with Gasteiger partial charge in [0.1, 0.15) is 11.7 Å². The van der Waals surface area contributed by atoms with Crippen LogP contribution in [-0.4, -0.2) is 34.0 Å². The number of Topliss-reactive ketones (excluding diaryl/α,β-unsaturated/α-hetero) is 2. The molecule has 0 saturated heterocycles. The summed E-state index contributed by atoms with van der Waals surface area (Å²) in [5.74, 6) is -1.21. The molecule has 1 aliphatic carbocycles. The van der Waals surface area contributed by atoms with Crippen LogP contribution < -0.4 is 5.32 Å². The molecule has 28 heavy (non-hydrogen) atoms. The molecule has 1 N–H and O–H groups in total. The van der Waals surface area contributed by atoms with E-state index in [4.69, 9.17) is 0 Å². The maximum Gasteiger partial charge on any atom is 0.220 e. The second-order valence-electron chi connectivity index (χ2n) is 7.11. The highest BCUT2D eigenvalue weighted by molar-refractivity contribution is 9.10. The van der Waals surface area contributed by atoms with Gasteiger partial charge in [0.2, 0.25) is 5.91 Å². The fourth-order valence-electron chi connectivity index (χ4n) is 3.85. The van der Waals surface area contributed by atoms with Gasteiger partial charge in [0.15, 0.2) is 11.6 Å². The number of nitrogens with zero attached hydrogens (tertiary/aromatic N) is 2. The highest BCUT2D eigenvalue weighted by Crippen LogP contribution is 2.38. The minimum absolute atomic E-state index is 0.0673. The summed E-state index contributed by atoms with van der Waals surface area (Å²) in [6.07, 6.45) is 3.54. The van der Waals surface area contributed by atoms with Crippen molar-refractivity contribution in [1.82, 2.24) is 15.3 Å². The third-order valence-electron chi connectivity index (χ3n) is 5.02. The summed E-state index contributed by atoms with van der Waals surface area (Å²) >= 11 is 3.32. The average Bonchev–Trinajstić information content (AvgIpc) is 2.89. The number of aryl methyl sites for hydroxylation is 2. The van der Waals surface area contributed by atoms with Crippen molar-refractivity contribution in [2.45, 2.75) is 39.5 Å². The topological polar surface area (TPSA) is 89.0 Å². The third kappa shape index (κ3) is 4.04. The SMILES string of the molecule is CCNC(=O)CC1CC(=O)C(c2c(C)cc(-c3ncc(Br)cn3)cc2C)C1=O. The Balaban J connectivity index is 1.91. The molecule has 0 spiro atoms. The molecule has 146 valence electrons. The molecule has 0 aliphatic heterocycles. The first kappa shape index (κ1) is 20.3. The summed E-state index contributed by atoms with van der Waals surface area (Å²) in [6.45, 7) is 6.12. The van der Waals surface area contributed by atoms with E-state index in [0.29, 0.717) is 12.4 Å². The van der Waals surface area contributed by atoms with Crippen molar-refractivity contribution in [2.75, 3.05) is 6.54 Å². The molecule has 1 fully saturated rings. The van der Waals surface area contributed by atoms with Gasteiger partial charge in [-0.1, -0.05) is 0 Å². The number of halogens is 1. The van der Waals surface area contributed by atoms with Gasteiger partial charge in [-0.3, -0.25) is 14.4 Å². The zero-order valence-corrected chi connectivity index (χ0v) is 17.7. The van der Waals surface area contributed by atoms with E-state index in [1.807, 2.05) is 32.9 Å². The van der Waals surface area contributed by atoms with E-state index in [9.17, 15) is 14.4 Å². The molecule has 2 unspecified atom stereocenters. The smallest absolute Gasteiger partial charge is 0.220 e. The predicted molar refractivity (Wildman–Crippen MR) is 109 cm³/mol. The first-order valence-corrected chi connectivity index (χ1v) is 10.0. The van der Waals surface area contributed by atoms with Crippen molar-refractivity contribution in [3.05, 3.63) is 45.7 Å². The van der Waals surface area contributed by atoms with Gasteiger partial charge in [-0.25, -0.2) is 9.97 Å². The molecule has 2 atom stereocenters. The Labute approximate surface area is 172 Å². The monoisotopic (exact) mass is 443 g/mol. The second-order valence-corrected chi connectivity index (χ2v) is 8.02. The Morgan fingerprint density at radius 3 is 2.36 bits per heavy atom. The molecule has 6 nitrogen and oxygen atoms in total. The number of ketones is 2. The summed E-state index contributed by atoms with van der Waals surface area (Å²) < 4.78 is 0.793. The van der Waals surface area contributed by atoms with Crippen LogP contribution in [0.4, 0.5) is 0 Å². The first-order valence-electron chi connectivity index (χ1n) is 9.24. The van der Waals surface area contributed by atoms with E-state index in [0.717, 1.165) is 26.7 Å². The molecule has 1 aliphatic rings. The summed E-state index contributed by atoms with van der Waals surface area (Å²) in [6, 6.07) is 3.81. The van der Waals surface area contributed by atoms with Crippen LogP contribution in [0.1, 0.15) is 42.4 Å². The van der Waals surface area contributed by atoms with Gasteiger partial charge in [0, 0.05) is 43.3 Å². The van der Waals surface area contributed by atoms with E-state index in [-0.39, 0.29) is 30.3 Å². The molecule has 2 aromatic rings. The normalized spacial score (nSPS) is 19.1. The van der Waals surface area contributed by atoms with Crippen molar-refractivity contribution in [3.8, 4) is 11.4 Å². The van der Waals surface area contributed by atoms with Gasteiger partial charge in [0.25, 0.3) is 0 Å². The highest BCUT2D eigenvalue weighted by Gasteiger charge is 2.43. The molecule has 1 aromatic carbocycles. The van der Waals surface area contributed by atoms with Crippen LogP contribution in [0.5, 0.6) is 0 Å². The van der Waals surface area contributed by atoms with Crippen LogP contribution in [-0.2, 0) is 14.4 Å². The van der Waals surface area contributed by atoms with E-state index < -0.39 is 11.8 Å². The zero-order valence-electron chi connectivity index (χ0n) is 16.1. The van der Waals surface area contributed by atoms with E-state index in [2.05, 4.69) is 31.2 Å². The molecule has 0 radical (unpaired) electrons. The summed E-state index contributed by atoms with van der Waals surface area (Å²) in [5, 5.41) is 2.70. The summed E-state index contributed by atoms with van der Waals surface area (Å²) in [7, 11) is 0. The van der Waals surface area contributed by atoms with Crippen molar-refractivity contribution >= 4 is 33.4 Å². The van der Waals surface area contributed by atoms with Crippen molar-refractivity contribution < 1.29 is 14.4 Å². The fraction of sp³-hybridized carbons (Fsp3) is 0.381. The Kier molecular flexibility index (Phi) is 6.03. The van der Waals surface area contributed by atoms with Gasteiger partial charge < -0.3 is 5.32 Å². The molecule has 1 aromatic heterocycles. The maximum atomic E-state index is 12.9. The molecule has 1 heterocycles. The van der Waals surface area contributed by atoms with Gasteiger partial charge in [-0.2, -0.15) is 0 Å². The lowest BCUT2D eigenvalue weighted by Crippen LogP contribution is -2.27. The van der Waals surface area contributed by atoms with Gasteiger partial charge in [-0.15, -0.1) is 0 Å². The third-order valence-corrected chi connectivity index (χ3v) is 5.43. The lowest BCUT2D eigenvalue weighted by atomic mass is 9.86. The highest BCUT2D eigenvalue weighted by atomic mass is 79.9. The molecular formula is C21H22BrN3O3. The number of nitrogens with one attached hydrogen (secondary N) is 1. The molecule has 7 heteroatoms. The number of aromatic nitrogens is 2. The number of carbonyl (C=O) groups is 3. The van der Waals surface area contributed by atoms with Crippen molar-refractivity contribution in [3.63, 3.8) is 0 Å². The lowest BCUT2D eigenvalue weighted by molar-refractivity contribution is -0.128. The molecule has 1 saturated carbocycles. The Morgan fingerprint density at radius 1 is 1.18 bits per heavy atom. The van der Waals surface area contributed by atoms with Crippen LogP contribution in [0.15, 0.2) is 29.0 Å². The standard InChI is InChI=1S/C21H22BrN3O3/c1-4-23-17(27)8-13-7-16(26)19(20(13)28)18-11(2)5-14(6-12(18)3)21-24-9-15(22)10-25-21/h5-6,9-10,13,19H,4,7-8H2,1-3H3,(H,23,27). The molecule has 1 amide bonds. The lowest BCUT2D eigenvalue weighted by Gasteiger charge is -2.17. The van der Waals surface area contributed by atoms with E-state index >= 15 is 0 Å². The fourth-order valence-corrected chi connectivity index (χ4v) is 4.05. The number of hydrogen-bond acceptors (Lipinski definition) is 5. The maximum absolute atomic E-state index is 12.9. The van der Waals surface area contributed by atoms with Crippen molar-refractivity contribution in [1.29, 1.82) is 0 Å². The Morgan fingerprint density at radius 2 is 1.79 bits per heavy atom. The number of carbonyl (C=O) groups excluding carboxylic acids is 3. The molecule has 0 bridgehead atoms. The summed E-state index contributed by atoms with van der Waals surface area (Å²) in [4.78, 5) is 46.1. The number of rotatable bonds is 5. The number of hydrogen-bond donors (Lipinski definition) is 1. The van der Waals surface area contributed by atoms with Crippen molar-refractivity contribution in [2.24, 2.45) is 5.92 Å². The van der Waals surface area contributed by atoms with Crippen LogP contribution >= 0.6 is 15.9 Å². The van der Waals surface area contributed by atoms with Gasteiger partial charge >= 0.3 is 0 Å². The van der Waals surface area contributed by atoms with E-state index in [1.54, 1.807) is 12.4 Å². The largest absolute Gasteiger partial charge is 0.356 e. The quantitative estimate of drug-likeness (QED) is 0.715. The average molecular weight is 444 g/mol. The minimum Gasteiger partial charge on any atom is -0.356 e. The minimum atomic E-state index is -0.792. The van der Waals surface area contributed by atoms with Crippen LogP contribution in [0.2, 0.25) is 0 Å². The van der Waals surface area contributed by atoms with Gasteiger partial charge in [0.05, 0.1) is 4.47 Å². The van der Waals surface area contributed by atoms with Crippen LogP contribution in [0.3, 0.4) is 0 Å². The predicted octanol–water partition coefficient (Wildman–Crippen LogP) is 3.29. The first-order chi connectivity index (χ1) is 13.3. The zero-order chi connectivity index (χ0) is 20.4. The summed E-state index contributed by atoms with van der Waals surface area (Å²) in [5.41, 5.74) is 3.29. The Hall–Kier alpha value is -2.41. The van der Waals surface area contributed by atoms with Gasteiger partial charge in [-0.05, 0) is 65.5 Å². The van der Waals surface area contributed by atoms with E-state index in [1.165, 1.54) is 0 Å². The van der Waals surface area contributed by atoms with Crippen LogP contribution in [0.25, 0.3) is 11.4 Å². The number of amides is 1.